The number of carbonyl (C=O) groups excluding carboxylic acids is 1. The van der Waals surface area contributed by atoms with Crippen molar-refractivity contribution in [2.24, 2.45) is 0 Å². The Hall–Kier alpha value is -3.67. The molecule has 12 heteroatoms. The normalized spacial score (nSPS) is 12.1. The number of rotatable bonds is 5. The highest BCUT2D eigenvalue weighted by molar-refractivity contribution is 7.21. The van der Waals surface area contributed by atoms with Gasteiger partial charge in [0, 0.05) is 17.7 Å². The first-order chi connectivity index (χ1) is 16.9. The quantitative estimate of drug-likeness (QED) is 0.282. The largest absolute Gasteiger partial charge is 0.496 e. The fourth-order valence-electron chi connectivity index (χ4n) is 3.44. The number of alkyl halides is 6. The summed E-state index contributed by atoms with van der Waals surface area (Å²) in [6, 6.07) is 10.4. The number of hydrogen-bond acceptors (Lipinski definition) is 4. The molecule has 0 atom stereocenters. The summed E-state index contributed by atoms with van der Waals surface area (Å²) in [6.07, 6.45) is -9.50. The summed E-state index contributed by atoms with van der Waals surface area (Å²) >= 11 is 1.07. The lowest BCUT2D eigenvalue weighted by atomic mass is 10.1. The maximum Gasteiger partial charge on any atom is 0.419 e. The molecule has 3 aromatic carbocycles. The van der Waals surface area contributed by atoms with Crippen molar-refractivity contribution in [3.8, 4) is 16.3 Å². The second-order valence-corrected chi connectivity index (χ2v) is 8.64. The second kappa shape index (κ2) is 9.41. The number of aromatic nitrogens is 1. The van der Waals surface area contributed by atoms with Crippen LogP contribution in [0.3, 0.4) is 0 Å². The fraction of sp³-hybridized carbons (Fsp3) is 0.167. The first-order valence-corrected chi connectivity index (χ1v) is 11.0. The van der Waals surface area contributed by atoms with Gasteiger partial charge in [0.15, 0.2) is 0 Å². The highest BCUT2D eigenvalue weighted by Gasteiger charge is 2.35. The van der Waals surface area contributed by atoms with Gasteiger partial charge >= 0.3 is 12.4 Å². The lowest BCUT2D eigenvalue weighted by Gasteiger charge is -2.12. The first kappa shape index (κ1) is 25.4. The predicted molar refractivity (Wildman–Crippen MR) is 119 cm³/mol. The molecule has 4 rings (SSSR count). The van der Waals surface area contributed by atoms with Crippen molar-refractivity contribution >= 4 is 27.5 Å². The number of benzene rings is 3. The van der Waals surface area contributed by atoms with Crippen LogP contribution in [0.15, 0.2) is 54.6 Å². The van der Waals surface area contributed by atoms with E-state index in [2.05, 4.69) is 10.3 Å². The Morgan fingerprint density at radius 3 is 2.33 bits per heavy atom. The van der Waals surface area contributed by atoms with E-state index in [1.165, 1.54) is 30.3 Å². The summed E-state index contributed by atoms with van der Waals surface area (Å²) in [7, 11) is 1.14. The number of carbonyl (C=O) groups is 1. The van der Waals surface area contributed by atoms with Crippen molar-refractivity contribution in [1.29, 1.82) is 0 Å². The number of fused-ring (bicyclic) bond motifs is 1. The third-order valence-corrected chi connectivity index (χ3v) is 6.26. The van der Waals surface area contributed by atoms with Crippen LogP contribution < -0.4 is 10.1 Å². The van der Waals surface area contributed by atoms with Crippen LogP contribution in [-0.4, -0.2) is 18.0 Å². The Balaban J connectivity index is 1.55. The zero-order valence-corrected chi connectivity index (χ0v) is 19.0. The molecule has 0 aliphatic rings. The molecular weight excluding hydrogens is 513 g/mol. The van der Waals surface area contributed by atoms with Gasteiger partial charge in [-0.25, -0.2) is 9.37 Å². The van der Waals surface area contributed by atoms with Gasteiger partial charge in [-0.05, 0) is 54.1 Å². The molecule has 0 bridgehead atoms. The Labute approximate surface area is 203 Å². The third-order valence-electron chi connectivity index (χ3n) is 5.19. The van der Waals surface area contributed by atoms with Gasteiger partial charge < -0.3 is 10.1 Å². The SMILES string of the molecule is COc1ccc(-c2nc3ccc(C(=O)NCc4ccc(F)c(C(F)(F)F)c4)cc3s2)cc1C(F)(F)F. The molecule has 4 aromatic rings. The zero-order valence-electron chi connectivity index (χ0n) is 18.2. The lowest BCUT2D eigenvalue weighted by molar-refractivity contribution is -0.140. The number of halogens is 7. The molecule has 0 saturated heterocycles. The van der Waals surface area contributed by atoms with Gasteiger partial charge in [0.2, 0.25) is 0 Å². The number of ether oxygens (including phenoxy) is 1. The van der Waals surface area contributed by atoms with Crippen LogP contribution in [0, 0.1) is 5.82 Å². The van der Waals surface area contributed by atoms with Crippen molar-refractivity contribution in [3.63, 3.8) is 0 Å². The molecule has 0 unspecified atom stereocenters. The van der Waals surface area contributed by atoms with E-state index in [0.717, 1.165) is 30.6 Å². The van der Waals surface area contributed by atoms with Gasteiger partial charge in [-0.15, -0.1) is 11.3 Å². The highest BCUT2D eigenvalue weighted by atomic mass is 32.1. The smallest absolute Gasteiger partial charge is 0.419 e. The molecule has 0 fully saturated rings. The van der Waals surface area contributed by atoms with Crippen LogP contribution in [-0.2, 0) is 18.9 Å². The summed E-state index contributed by atoms with van der Waals surface area (Å²) in [6.45, 7) is -0.278. The molecule has 0 aliphatic heterocycles. The minimum absolute atomic E-state index is 0.0539. The standard InChI is InChI=1S/C24H15F7N2O2S/c1-35-19-7-4-14(9-16(19)24(29,30)31)22-33-18-6-3-13(10-20(18)36-22)21(34)32-11-12-2-5-17(25)15(8-12)23(26,27)28/h2-10H,11H2,1H3,(H,32,34). The molecule has 4 nitrogen and oxygen atoms in total. The number of hydrogen-bond donors (Lipinski definition) is 1. The number of nitrogens with zero attached hydrogens (tertiary/aromatic N) is 1. The minimum Gasteiger partial charge on any atom is -0.496 e. The number of methoxy groups -OCH3 is 1. The van der Waals surface area contributed by atoms with E-state index in [9.17, 15) is 35.5 Å². The molecule has 1 aromatic heterocycles. The molecule has 0 saturated carbocycles. The third kappa shape index (κ3) is 5.27. The average molecular weight is 528 g/mol. The van der Waals surface area contributed by atoms with Gasteiger partial charge in [0.1, 0.15) is 16.6 Å². The Kier molecular flexibility index (Phi) is 6.65. The topological polar surface area (TPSA) is 51.2 Å². The molecule has 1 N–H and O–H groups in total. The minimum atomic E-state index is -4.87. The molecule has 0 spiro atoms. The van der Waals surface area contributed by atoms with Gasteiger partial charge in [-0.2, -0.15) is 26.3 Å². The molecule has 1 heterocycles. The molecule has 0 radical (unpaired) electrons. The lowest BCUT2D eigenvalue weighted by Crippen LogP contribution is -2.23. The summed E-state index contributed by atoms with van der Waals surface area (Å²) < 4.78 is 97.5. The van der Waals surface area contributed by atoms with Crippen molar-refractivity contribution in [2.45, 2.75) is 18.9 Å². The molecule has 1 amide bonds. The Morgan fingerprint density at radius 2 is 1.67 bits per heavy atom. The first-order valence-electron chi connectivity index (χ1n) is 10.2. The van der Waals surface area contributed by atoms with E-state index < -0.39 is 35.2 Å². The Morgan fingerprint density at radius 1 is 0.944 bits per heavy atom. The monoisotopic (exact) mass is 528 g/mol. The number of amides is 1. The van der Waals surface area contributed by atoms with Gasteiger partial charge in [-0.3, -0.25) is 4.79 Å². The highest BCUT2D eigenvalue weighted by Crippen LogP contribution is 2.40. The van der Waals surface area contributed by atoms with E-state index >= 15 is 0 Å². The van der Waals surface area contributed by atoms with E-state index in [1.807, 2.05) is 0 Å². The van der Waals surface area contributed by atoms with Crippen molar-refractivity contribution in [3.05, 3.63) is 82.7 Å². The zero-order chi connectivity index (χ0) is 26.3. The molecule has 36 heavy (non-hydrogen) atoms. The molecule has 188 valence electrons. The van der Waals surface area contributed by atoms with Gasteiger partial charge in [0.25, 0.3) is 5.91 Å². The maximum absolute atomic E-state index is 13.4. The van der Waals surface area contributed by atoms with Crippen LogP contribution in [0.25, 0.3) is 20.8 Å². The van der Waals surface area contributed by atoms with Crippen LogP contribution in [0.1, 0.15) is 27.0 Å². The van der Waals surface area contributed by atoms with E-state index in [4.69, 9.17) is 4.74 Å². The van der Waals surface area contributed by atoms with Crippen LogP contribution in [0.2, 0.25) is 0 Å². The number of thiazole rings is 1. The number of nitrogens with one attached hydrogen (secondary N) is 1. The van der Waals surface area contributed by atoms with Crippen molar-refractivity contribution in [2.75, 3.05) is 7.11 Å². The summed E-state index contributed by atoms with van der Waals surface area (Å²) in [5.41, 5.74) is -1.49. The van der Waals surface area contributed by atoms with Crippen molar-refractivity contribution in [1.82, 2.24) is 10.3 Å². The van der Waals surface area contributed by atoms with Crippen LogP contribution >= 0.6 is 11.3 Å². The second-order valence-electron chi connectivity index (χ2n) is 7.61. The van der Waals surface area contributed by atoms with Gasteiger partial charge in [-0.1, -0.05) is 6.07 Å². The fourth-order valence-corrected chi connectivity index (χ4v) is 4.44. The summed E-state index contributed by atoms with van der Waals surface area (Å²) in [5, 5.41) is 2.76. The summed E-state index contributed by atoms with van der Waals surface area (Å²) in [5.74, 6) is -2.34. The van der Waals surface area contributed by atoms with Crippen molar-refractivity contribution < 1.29 is 40.3 Å². The predicted octanol–water partition coefficient (Wildman–Crippen LogP) is 7.08. The Bertz CT molecular complexity index is 1440. The molecular formula is C24H15F7N2O2S. The summed E-state index contributed by atoms with van der Waals surface area (Å²) in [4.78, 5) is 16.9. The van der Waals surface area contributed by atoms with E-state index in [-0.39, 0.29) is 29.0 Å². The van der Waals surface area contributed by atoms with Gasteiger partial charge in [0.05, 0.1) is 28.5 Å². The maximum atomic E-state index is 13.4. The molecule has 0 aliphatic carbocycles. The van der Waals surface area contributed by atoms with Crippen LogP contribution in [0.4, 0.5) is 30.7 Å². The van der Waals surface area contributed by atoms with E-state index in [1.54, 1.807) is 0 Å². The average Bonchev–Trinajstić information content (AvgIpc) is 3.25. The van der Waals surface area contributed by atoms with E-state index in [0.29, 0.717) is 27.4 Å². The van der Waals surface area contributed by atoms with Crippen LogP contribution in [0.5, 0.6) is 5.75 Å².